The van der Waals surface area contributed by atoms with Gasteiger partial charge in [0, 0.05) is 13.1 Å². The summed E-state index contributed by atoms with van der Waals surface area (Å²) in [4.78, 5) is 12.5. The maximum Gasteiger partial charge on any atom is 0.228 e. The molecule has 1 aliphatic rings. The summed E-state index contributed by atoms with van der Waals surface area (Å²) in [5.41, 5.74) is 2.16. The molecule has 1 atom stereocenters. The van der Waals surface area contributed by atoms with Crippen molar-refractivity contribution in [2.24, 2.45) is 11.3 Å². The second-order valence-corrected chi connectivity index (χ2v) is 5.91. The van der Waals surface area contributed by atoms with E-state index in [1.54, 1.807) is 0 Å². The number of hydrogen-bond acceptors (Lipinski definition) is 2. The molecule has 0 bridgehead atoms. The lowest BCUT2D eigenvalue weighted by Gasteiger charge is -2.31. The van der Waals surface area contributed by atoms with Crippen molar-refractivity contribution in [1.29, 1.82) is 0 Å². The molecule has 3 heteroatoms. The van der Waals surface area contributed by atoms with E-state index in [0.29, 0.717) is 12.5 Å². The number of benzene rings is 1. The highest BCUT2D eigenvalue weighted by Crippen LogP contribution is 2.34. The van der Waals surface area contributed by atoms with Crippen LogP contribution in [0.15, 0.2) is 24.3 Å². The van der Waals surface area contributed by atoms with Crippen molar-refractivity contribution < 1.29 is 4.79 Å². The zero-order valence-corrected chi connectivity index (χ0v) is 12.1. The molecular weight excluding hydrogens is 236 g/mol. The molecule has 0 aromatic heterocycles. The van der Waals surface area contributed by atoms with Gasteiger partial charge in [-0.3, -0.25) is 4.79 Å². The average Bonchev–Trinajstić information content (AvgIpc) is 2.86. The summed E-state index contributed by atoms with van der Waals surface area (Å²) in [5, 5.41) is 6.43. The number of carbonyl (C=O) groups excluding carboxylic acids is 1. The zero-order valence-electron chi connectivity index (χ0n) is 12.1. The second-order valence-electron chi connectivity index (χ2n) is 5.91. The molecule has 1 saturated heterocycles. The Kier molecular flexibility index (Phi) is 4.25. The van der Waals surface area contributed by atoms with Crippen LogP contribution in [0.25, 0.3) is 0 Å². The number of nitrogens with one attached hydrogen (secondary N) is 2. The van der Waals surface area contributed by atoms with Crippen LogP contribution in [0.3, 0.4) is 0 Å². The van der Waals surface area contributed by atoms with Gasteiger partial charge in [0.25, 0.3) is 0 Å². The van der Waals surface area contributed by atoms with Crippen LogP contribution >= 0.6 is 0 Å². The van der Waals surface area contributed by atoms with E-state index >= 15 is 0 Å². The topological polar surface area (TPSA) is 41.1 Å². The van der Waals surface area contributed by atoms with Gasteiger partial charge in [-0.2, -0.15) is 0 Å². The number of amides is 1. The third-order valence-electron chi connectivity index (χ3n) is 4.28. The fraction of sp³-hybridized carbons (Fsp3) is 0.562. The Labute approximate surface area is 115 Å². The molecule has 0 radical (unpaired) electrons. The normalized spacial score (nSPS) is 22.7. The summed E-state index contributed by atoms with van der Waals surface area (Å²) in [6, 6.07) is 8.28. The first-order chi connectivity index (χ1) is 9.04. The Morgan fingerprint density at radius 3 is 2.84 bits per heavy atom. The minimum Gasteiger partial charge on any atom is -0.351 e. The van der Waals surface area contributed by atoms with Crippen LogP contribution in [0.2, 0.25) is 0 Å². The molecular formula is C16H24N2O. The van der Waals surface area contributed by atoms with Crippen LogP contribution in [-0.4, -0.2) is 19.0 Å². The van der Waals surface area contributed by atoms with Crippen molar-refractivity contribution in [2.45, 2.75) is 33.7 Å². The third-order valence-corrected chi connectivity index (χ3v) is 4.28. The monoisotopic (exact) mass is 260 g/mol. The molecule has 1 heterocycles. The fourth-order valence-corrected chi connectivity index (χ4v) is 2.84. The predicted molar refractivity (Wildman–Crippen MR) is 77.8 cm³/mol. The van der Waals surface area contributed by atoms with Gasteiger partial charge in [-0.15, -0.1) is 0 Å². The summed E-state index contributed by atoms with van der Waals surface area (Å²) < 4.78 is 0. The summed E-state index contributed by atoms with van der Waals surface area (Å²) in [6.07, 6.45) is 0.935. The molecule has 2 N–H and O–H groups in total. The molecule has 1 unspecified atom stereocenters. The van der Waals surface area contributed by atoms with Crippen LogP contribution in [0.4, 0.5) is 0 Å². The smallest absolute Gasteiger partial charge is 0.228 e. The largest absolute Gasteiger partial charge is 0.351 e. The van der Waals surface area contributed by atoms with Crippen molar-refractivity contribution in [3.8, 4) is 0 Å². The van der Waals surface area contributed by atoms with E-state index in [0.717, 1.165) is 19.5 Å². The fourth-order valence-electron chi connectivity index (χ4n) is 2.84. The lowest BCUT2D eigenvalue weighted by atomic mass is 9.75. The molecule has 104 valence electrons. The Morgan fingerprint density at radius 2 is 2.26 bits per heavy atom. The molecule has 0 aliphatic carbocycles. The molecule has 3 nitrogen and oxygen atoms in total. The lowest BCUT2D eigenvalue weighted by molar-refractivity contribution is -0.132. The number of rotatable bonds is 4. The van der Waals surface area contributed by atoms with Gasteiger partial charge in [0.1, 0.15) is 0 Å². The van der Waals surface area contributed by atoms with Gasteiger partial charge in [0.05, 0.1) is 5.41 Å². The van der Waals surface area contributed by atoms with Crippen molar-refractivity contribution in [3.05, 3.63) is 35.4 Å². The molecule has 2 rings (SSSR count). The minimum atomic E-state index is -0.232. The van der Waals surface area contributed by atoms with Gasteiger partial charge in [0.2, 0.25) is 5.91 Å². The average molecular weight is 260 g/mol. The molecule has 0 saturated carbocycles. The van der Waals surface area contributed by atoms with Gasteiger partial charge < -0.3 is 10.6 Å². The van der Waals surface area contributed by atoms with Crippen molar-refractivity contribution in [1.82, 2.24) is 10.6 Å². The Balaban J connectivity index is 2.00. The van der Waals surface area contributed by atoms with Crippen LogP contribution in [-0.2, 0) is 11.3 Å². The second kappa shape index (κ2) is 5.74. The first kappa shape index (κ1) is 14.1. The van der Waals surface area contributed by atoms with E-state index in [1.165, 1.54) is 11.1 Å². The van der Waals surface area contributed by atoms with Crippen LogP contribution in [0.5, 0.6) is 0 Å². The molecule has 1 fully saturated rings. The van der Waals surface area contributed by atoms with Gasteiger partial charge in [-0.25, -0.2) is 0 Å². The highest BCUT2D eigenvalue weighted by molar-refractivity contribution is 5.83. The Bertz CT molecular complexity index is 448. The van der Waals surface area contributed by atoms with E-state index in [-0.39, 0.29) is 11.3 Å². The molecule has 1 aromatic rings. The maximum atomic E-state index is 12.5. The molecule has 1 amide bonds. The van der Waals surface area contributed by atoms with E-state index in [1.807, 2.05) is 6.07 Å². The molecule has 19 heavy (non-hydrogen) atoms. The van der Waals surface area contributed by atoms with E-state index in [4.69, 9.17) is 0 Å². The van der Waals surface area contributed by atoms with E-state index in [9.17, 15) is 4.79 Å². The van der Waals surface area contributed by atoms with Crippen LogP contribution in [0.1, 0.15) is 31.4 Å². The molecule has 0 spiro atoms. The molecule has 1 aromatic carbocycles. The lowest BCUT2D eigenvalue weighted by Crippen LogP contribution is -2.45. The Morgan fingerprint density at radius 1 is 1.47 bits per heavy atom. The molecule has 1 aliphatic heterocycles. The maximum absolute atomic E-state index is 12.5. The first-order valence-electron chi connectivity index (χ1n) is 7.09. The van der Waals surface area contributed by atoms with Crippen molar-refractivity contribution >= 4 is 5.91 Å². The zero-order chi connectivity index (χ0) is 13.9. The SMILES string of the molecule is Cc1cccc(CNC(=O)C2(C(C)C)CCNC2)c1. The highest BCUT2D eigenvalue weighted by Gasteiger charge is 2.43. The third kappa shape index (κ3) is 2.98. The first-order valence-corrected chi connectivity index (χ1v) is 7.09. The van der Waals surface area contributed by atoms with Crippen LogP contribution in [0, 0.1) is 18.3 Å². The highest BCUT2D eigenvalue weighted by atomic mass is 16.2. The number of hydrogen-bond donors (Lipinski definition) is 2. The summed E-state index contributed by atoms with van der Waals surface area (Å²) in [7, 11) is 0. The van der Waals surface area contributed by atoms with Gasteiger partial charge in [0.15, 0.2) is 0 Å². The van der Waals surface area contributed by atoms with Gasteiger partial charge in [-0.05, 0) is 31.4 Å². The number of carbonyl (C=O) groups is 1. The van der Waals surface area contributed by atoms with Crippen molar-refractivity contribution in [2.75, 3.05) is 13.1 Å². The summed E-state index contributed by atoms with van der Waals surface area (Å²) in [6.45, 7) is 8.70. The van der Waals surface area contributed by atoms with E-state index < -0.39 is 0 Å². The van der Waals surface area contributed by atoms with Crippen LogP contribution < -0.4 is 10.6 Å². The summed E-state index contributed by atoms with van der Waals surface area (Å²) >= 11 is 0. The number of aryl methyl sites for hydroxylation is 1. The standard InChI is InChI=1S/C16H24N2O/c1-12(2)16(7-8-17-11-16)15(19)18-10-14-6-4-5-13(3)9-14/h4-6,9,12,17H,7-8,10-11H2,1-3H3,(H,18,19). The van der Waals surface area contributed by atoms with Gasteiger partial charge >= 0.3 is 0 Å². The summed E-state index contributed by atoms with van der Waals surface area (Å²) in [5.74, 6) is 0.550. The minimum absolute atomic E-state index is 0.189. The van der Waals surface area contributed by atoms with Crippen molar-refractivity contribution in [3.63, 3.8) is 0 Å². The predicted octanol–water partition coefficient (Wildman–Crippen LogP) is 2.25. The van der Waals surface area contributed by atoms with Gasteiger partial charge in [-0.1, -0.05) is 43.7 Å². The Hall–Kier alpha value is -1.35. The quantitative estimate of drug-likeness (QED) is 0.872. The van der Waals surface area contributed by atoms with E-state index in [2.05, 4.69) is 49.6 Å².